The van der Waals surface area contributed by atoms with E-state index in [0.29, 0.717) is 5.56 Å². The number of nitrogens with two attached hydrogens (primary N) is 2. The smallest absolute Gasteiger partial charge is 0.239 e. The lowest BCUT2D eigenvalue weighted by Gasteiger charge is -2.41. The first-order chi connectivity index (χ1) is 13.3. The predicted octanol–water partition coefficient (Wildman–Crippen LogP) is 2.29. The van der Waals surface area contributed by atoms with Crippen molar-refractivity contribution >= 4 is 11.9 Å². The van der Waals surface area contributed by atoms with E-state index in [2.05, 4.69) is 6.07 Å². The highest BCUT2D eigenvalue weighted by Gasteiger charge is 2.47. The number of nitrogens with zero attached hydrogens (tertiary/aromatic N) is 3. The van der Waals surface area contributed by atoms with Crippen LogP contribution >= 0.6 is 0 Å². The lowest BCUT2D eigenvalue weighted by molar-refractivity contribution is -0.130. The van der Waals surface area contributed by atoms with Gasteiger partial charge in [0.05, 0.1) is 17.6 Å². The van der Waals surface area contributed by atoms with Crippen molar-refractivity contribution in [3.8, 4) is 6.07 Å². The number of benzene rings is 2. The van der Waals surface area contributed by atoms with Gasteiger partial charge in [-0.15, -0.1) is 0 Å². The summed E-state index contributed by atoms with van der Waals surface area (Å²) in [4.78, 5) is 19.3. The molecule has 6 heteroatoms. The van der Waals surface area contributed by atoms with Crippen LogP contribution in [0.5, 0.6) is 0 Å². The van der Waals surface area contributed by atoms with Crippen LogP contribution in [-0.4, -0.2) is 23.8 Å². The first-order valence-electron chi connectivity index (χ1n) is 9.31. The normalized spacial score (nSPS) is 25.8. The third-order valence-corrected chi connectivity index (χ3v) is 6.01. The summed E-state index contributed by atoms with van der Waals surface area (Å²) in [5, 5.41) is 9.29. The topological polar surface area (TPSA) is 108 Å². The zero-order chi connectivity index (χ0) is 20.1. The van der Waals surface area contributed by atoms with Crippen LogP contribution in [0.2, 0.25) is 0 Å². The Morgan fingerprint density at radius 1 is 1.18 bits per heavy atom. The quantitative estimate of drug-likeness (QED) is 0.860. The minimum Gasteiger partial charge on any atom is -0.369 e. The van der Waals surface area contributed by atoms with Crippen molar-refractivity contribution < 1.29 is 4.79 Å². The molecule has 1 saturated carbocycles. The molecule has 0 bridgehead atoms. The molecule has 0 saturated heterocycles. The van der Waals surface area contributed by atoms with Crippen LogP contribution in [0.25, 0.3) is 0 Å². The van der Waals surface area contributed by atoms with Gasteiger partial charge in [-0.1, -0.05) is 36.4 Å². The molecule has 1 aliphatic heterocycles. The SMILES string of the molecule is CN1C(=O)[C@@H](c2ccc(C3(N)CC3)cc2)[C@@](C)(c2cccc(C#N)c2)N=C1N. The van der Waals surface area contributed by atoms with Crippen LogP contribution in [0, 0.1) is 11.3 Å². The van der Waals surface area contributed by atoms with Gasteiger partial charge >= 0.3 is 0 Å². The highest BCUT2D eigenvalue weighted by atomic mass is 16.2. The number of rotatable bonds is 3. The van der Waals surface area contributed by atoms with E-state index >= 15 is 0 Å². The first-order valence-corrected chi connectivity index (χ1v) is 9.31. The highest BCUT2D eigenvalue weighted by molar-refractivity contribution is 6.02. The predicted molar refractivity (Wildman–Crippen MR) is 107 cm³/mol. The second-order valence-electron chi connectivity index (χ2n) is 7.92. The number of aliphatic imine (C=N–C) groups is 1. The maximum absolute atomic E-state index is 13.2. The van der Waals surface area contributed by atoms with E-state index in [1.807, 2.05) is 37.3 Å². The summed E-state index contributed by atoms with van der Waals surface area (Å²) in [6.45, 7) is 1.89. The van der Waals surface area contributed by atoms with E-state index in [1.165, 1.54) is 4.90 Å². The number of carbonyl (C=O) groups excluding carboxylic acids is 1. The Morgan fingerprint density at radius 3 is 2.46 bits per heavy atom. The molecule has 4 N–H and O–H groups in total. The second kappa shape index (κ2) is 6.18. The standard InChI is InChI=1S/C22H23N5O/c1-21(17-5-3-4-14(12-17)13-23)18(19(28)27(2)20(24)26-21)15-6-8-16(9-7-15)22(25)10-11-22/h3-9,12,18H,10-11,25H2,1-2H3,(H2,24,26)/t18-,21-/m1/s1. The number of carbonyl (C=O) groups is 1. The lowest BCUT2D eigenvalue weighted by Crippen LogP contribution is -2.52. The lowest BCUT2D eigenvalue weighted by atomic mass is 9.74. The van der Waals surface area contributed by atoms with Crippen LogP contribution in [-0.2, 0) is 15.9 Å². The molecule has 0 aromatic heterocycles. The molecule has 142 valence electrons. The Kier molecular flexibility index (Phi) is 4.02. The van der Waals surface area contributed by atoms with Crippen LogP contribution in [0.15, 0.2) is 53.5 Å². The van der Waals surface area contributed by atoms with Gasteiger partial charge in [0.15, 0.2) is 5.96 Å². The van der Waals surface area contributed by atoms with Crippen molar-refractivity contribution in [3.05, 3.63) is 70.8 Å². The minimum absolute atomic E-state index is 0.126. The van der Waals surface area contributed by atoms with Gasteiger partial charge < -0.3 is 11.5 Å². The molecular weight excluding hydrogens is 350 g/mol. The summed E-state index contributed by atoms with van der Waals surface area (Å²) >= 11 is 0. The fraction of sp³-hybridized carbons (Fsp3) is 0.318. The second-order valence-corrected chi connectivity index (χ2v) is 7.92. The minimum atomic E-state index is -0.915. The molecule has 0 unspecified atom stereocenters. The fourth-order valence-electron chi connectivity index (χ4n) is 3.96. The Balaban J connectivity index is 1.84. The van der Waals surface area contributed by atoms with Gasteiger partial charge in [0.2, 0.25) is 5.91 Å². The molecule has 2 atom stereocenters. The Morgan fingerprint density at radius 2 is 1.86 bits per heavy atom. The summed E-state index contributed by atoms with van der Waals surface area (Å²) in [6.07, 6.45) is 1.97. The zero-order valence-corrected chi connectivity index (χ0v) is 16.0. The molecule has 0 radical (unpaired) electrons. The van der Waals surface area contributed by atoms with Crippen LogP contribution in [0.1, 0.15) is 47.9 Å². The number of likely N-dealkylation sites (N-methyl/N-ethyl adjacent to an activating group) is 1. The van der Waals surface area contributed by atoms with Gasteiger partial charge in [0.1, 0.15) is 5.54 Å². The van der Waals surface area contributed by atoms with E-state index in [9.17, 15) is 10.1 Å². The van der Waals surface area contributed by atoms with Crippen LogP contribution in [0.4, 0.5) is 0 Å². The van der Waals surface area contributed by atoms with E-state index in [1.54, 1.807) is 25.2 Å². The Hall–Kier alpha value is -3.17. The van der Waals surface area contributed by atoms with Gasteiger partial charge in [-0.2, -0.15) is 5.26 Å². The van der Waals surface area contributed by atoms with Crippen molar-refractivity contribution in [1.82, 2.24) is 4.90 Å². The molecule has 6 nitrogen and oxygen atoms in total. The molecule has 2 aromatic carbocycles. The molecule has 2 aliphatic rings. The first kappa shape index (κ1) is 18.2. The number of hydrogen-bond donors (Lipinski definition) is 2. The average Bonchev–Trinajstić information content (AvgIpc) is 3.45. The van der Waals surface area contributed by atoms with Gasteiger partial charge in [-0.05, 0) is 48.6 Å². The summed E-state index contributed by atoms with van der Waals surface area (Å²) in [6, 6.07) is 17.3. The average molecular weight is 373 g/mol. The van der Waals surface area contributed by atoms with Gasteiger partial charge in [0, 0.05) is 12.6 Å². The molecule has 1 fully saturated rings. The van der Waals surface area contributed by atoms with Crippen molar-refractivity contribution in [2.24, 2.45) is 16.5 Å². The third-order valence-electron chi connectivity index (χ3n) is 6.01. The van der Waals surface area contributed by atoms with Crippen molar-refractivity contribution in [2.75, 3.05) is 7.05 Å². The molecule has 0 spiro atoms. The summed E-state index contributed by atoms with van der Waals surface area (Å²) in [5.41, 5.74) is 14.5. The van der Waals surface area contributed by atoms with E-state index < -0.39 is 11.5 Å². The maximum Gasteiger partial charge on any atom is 0.239 e. The number of amides is 1. The maximum atomic E-state index is 13.2. The van der Waals surface area contributed by atoms with Gasteiger partial charge in [-0.25, -0.2) is 4.99 Å². The summed E-state index contributed by atoms with van der Waals surface area (Å²) in [5.74, 6) is -0.513. The van der Waals surface area contributed by atoms with E-state index in [-0.39, 0.29) is 17.4 Å². The number of guanidine groups is 1. The van der Waals surface area contributed by atoms with Gasteiger partial charge in [-0.3, -0.25) is 9.69 Å². The van der Waals surface area contributed by atoms with Crippen molar-refractivity contribution in [3.63, 3.8) is 0 Å². The number of hydrogen-bond acceptors (Lipinski definition) is 5. The molecule has 4 rings (SSSR count). The molecule has 1 aliphatic carbocycles. The van der Waals surface area contributed by atoms with E-state index in [4.69, 9.17) is 16.5 Å². The molecule has 28 heavy (non-hydrogen) atoms. The largest absolute Gasteiger partial charge is 0.369 e. The fourth-order valence-corrected chi connectivity index (χ4v) is 3.96. The molecular formula is C22H23N5O. The molecule has 1 heterocycles. The zero-order valence-electron chi connectivity index (χ0n) is 16.0. The third kappa shape index (κ3) is 2.76. The summed E-state index contributed by atoms with van der Waals surface area (Å²) < 4.78 is 0. The Labute approximate surface area is 164 Å². The van der Waals surface area contributed by atoms with Crippen molar-refractivity contribution in [2.45, 2.75) is 36.8 Å². The Bertz CT molecular complexity index is 1020. The van der Waals surface area contributed by atoms with E-state index in [0.717, 1.165) is 29.5 Å². The van der Waals surface area contributed by atoms with Crippen molar-refractivity contribution in [1.29, 1.82) is 5.26 Å². The highest BCUT2D eigenvalue weighted by Crippen LogP contribution is 2.46. The van der Waals surface area contributed by atoms with Gasteiger partial charge in [0.25, 0.3) is 0 Å². The number of nitriles is 1. The molecule has 2 aromatic rings. The molecule has 1 amide bonds. The monoisotopic (exact) mass is 373 g/mol. The van der Waals surface area contributed by atoms with Crippen LogP contribution < -0.4 is 11.5 Å². The summed E-state index contributed by atoms with van der Waals surface area (Å²) in [7, 11) is 1.63. The van der Waals surface area contributed by atoms with Crippen LogP contribution in [0.3, 0.4) is 0 Å².